The Labute approximate surface area is 116 Å². The highest BCUT2D eigenvalue weighted by atomic mass is 32.2. The van der Waals surface area contributed by atoms with Gasteiger partial charge >= 0.3 is 11.9 Å². The van der Waals surface area contributed by atoms with Gasteiger partial charge in [0.05, 0.1) is 31.9 Å². The van der Waals surface area contributed by atoms with Crippen LogP contribution in [0.25, 0.3) is 0 Å². The highest BCUT2D eigenvalue weighted by Gasteiger charge is 2.10. The molecule has 0 aliphatic rings. The molecule has 1 heterocycles. The third-order valence-electron chi connectivity index (χ3n) is 2.44. The lowest BCUT2D eigenvalue weighted by Gasteiger charge is -2.09. The van der Waals surface area contributed by atoms with Gasteiger partial charge in [-0.25, -0.2) is 4.79 Å². The molecule has 1 aromatic rings. The Bertz CT molecular complexity index is 433. The van der Waals surface area contributed by atoms with Crippen molar-refractivity contribution in [3.8, 4) is 0 Å². The van der Waals surface area contributed by atoms with Crippen molar-refractivity contribution in [1.82, 2.24) is 4.98 Å². The van der Waals surface area contributed by atoms with E-state index in [0.717, 1.165) is 5.69 Å². The van der Waals surface area contributed by atoms with Gasteiger partial charge in [-0.2, -0.15) is 11.8 Å². The minimum atomic E-state index is -0.397. The summed E-state index contributed by atoms with van der Waals surface area (Å²) in [5, 5.41) is 0.162. The fourth-order valence-electron chi connectivity index (χ4n) is 1.35. The van der Waals surface area contributed by atoms with Gasteiger partial charge in [0.1, 0.15) is 0 Å². The lowest BCUT2D eigenvalue weighted by Crippen LogP contribution is -2.09. The number of hydrogen-bond acceptors (Lipinski definition) is 6. The number of methoxy groups -OCH3 is 2. The maximum Gasteiger partial charge on any atom is 0.339 e. The van der Waals surface area contributed by atoms with E-state index < -0.39 is 5.97 Å². The van der Waals surface area contributed by atoms with Gasteiger partial charge in [-0.3, -0.25) is 9.78 Å². The molecule has 0 fully saturated rings. The summed E-state index contributed by atoms with van der Waals surface area (Å²) in [6.07, 6.45) is 1.87. The van der Waals surface area contributed by atoms with E-state index in [-0.39, 0.29) is 11.2 Å². The van der Waals surface area contributed by atoms with E-state index in [2.05, 4.69) is 14.5 Å². The van der Waals surface area contributed by atoms with Gasteiger partial charge in [-0.15, -0.1) is 0 Å². The number of rotatable bonds is 6. The molecule has 0 N–H and O–H groups in total. The number of esters is 2. The Morgan fingerprint density at radius 2 is 2.05 bits per heavy atom. The van der Waals surface area contributed by atoms with Crippen LogP contribution in [0.5, 0.6) is 0 Å². The van der Waals surface area contributed by atoms with Crippen molar-refractivity contribution >= 4 is 23.7 Å². The smallest absolute Gasteiger partial charge is 0.339 e. The van der Waals surface area contributed by atoms with Crippen molar-refractivity contribution in [1.29, 1.82) is 0 Å². The molecule has 0 saturated heterocycles. The molecule has 0 aliphatic carbocycles. The van der Waals surface area contributed by atoms with Crippen molar-refractivity contribution < 1.29 is 19.1 Å². The Balaban J connectivity index is 2.45. The minimum Gasteiger partial charge on any atom is -0.469 e. The van der Waals surface area contributed by atoms with Gasteiger partial charge < -0.3 is 9.47 Å². The fourth-order valence-corrected chi connectivity index (χ4v) is 2.23. The number of carbonyl (C=O) groups is 2. The zero-order valence-electron chi connectivity index (χ0n) is 11.2. The summed E-state index contributed by atoms with van der Waals surface area (Å²) >= 11 is 1.61. The Morgan fingerprint density at radius 3 is 2.58 bits per heavy atom. The van der Waals surface area contributed by atoms with Crippen molar-refractivity contribution in [2.45, 2.75) is 24.3 Å². The van der Waals surface area contributed by atoms with Crippen LogP contribution in [0.4, 0.5) is 0 Å². The fraction of sp³-hybridized carbons (Fsp3) is 0.462. The largest absolute Gasteiger partial charge is 0.469 e. The second-order valence-corrected chi connectivity index (χ2v) is 5.36. The second kappa shape index (κ2) is 7.78. The first-order valence-corrected chi connectivity index (χ1v) is 6.83. The quantitative estimate of drug-likeness (QED) is 0.744. The summed E-state index contributed by atoms with van der Waals surface area (Å²) in [7, 11) is 2.72. The highest BCUT2D eigenvalue weighted by Crippen LogP contribution is 2.19. The van der Waals surface area contributed by atoms with E-state index in [1.807, 2.05) is 6.92 Å². The summed E-state index contributed by atoms with van der Waals surface area (Å²) in [5.74, 6) is 0.0688. The highest BCUT2D eigenvalue weighted by molar-refractivity contribution is 7.99. The van der Waals surface area contributed by atoms with E-state index in [9.17, 15) is 9.59 Å². The Hall–Kier alpha value is -1.56. The van der Waals surface area contributed by atoms with Crippen LogP contribution in [-0.4, -0.2) is 36.4 Å². The van der Waals surface area contributed by atoms with Gasteiger partial charge in [-0.05, 0) is 12.1 Å². The van der Waals surface area contributed by atoms with Crippen molar-refractivity contribution in [3.63, 3.8) is 0 Å². The summed E-state index contributed by atoms with van der Waals surface area (Å²) in [6.45, 7) is 1.96. The molecule has 1 rings (SSSR count). The van der Waals surface area contributed by atoms with E-state index in [4.69, 9.17) is 0 Å². The van der Waals surface area contributed by atoms with E-state index in [1.165, 1.54) is 20.4 Å². The Morgan fingerprint density at radius 1 is 1.32 bits per heavy atom. The molecule has 1 atom stereocenters. The topological polar surface area (TPSA) is 65.5 Å². The third kappa shape index (κ3) is 5.30. The zero-order valence-corrected chi connectivity index (χ0v) is 12.0. The number of carbonyl (C=O) groups excluding carboxylic acids is 2. The second-order valence-electron chi connectivity index (χ2n) is 3.93. The average Bonchev–Trinajstić information content (AvgIpc) is 2.44. The molecule has 0 spiro atoms. The van der Waals surface area contributed by atoms with Crippen LogP contribution < -0.4 is 0 Å². The molecule has 0 radical (unpaired) electrons. The molecule has 0 aliphatic heterocycles. The number of pyridine rings is 1. The zero-order chi connectivity index (χ0) is 14.3. The van der Waals surface area contributed by atoms with E-state index in [1.54, 1.807) is 23.9 Å². The minimum absolute atomic E-state index is 0.162. The standard InChI is InChI=1S/C13H17NO4S/c1-9(6-12(15)17-2)19-8-11-5-4-10(7-14-11)13(16)18-3/h4-5,7,9H,6,8H2,1-3H3. The number of ether oxygens (including phenoxy) is 2. The summed E-state index contributed by atoms with van der Waals surface area (Å²) in [6, 6.07) is 3.46. The molecule has 1 aromatic heterocycles. The lowest BCUT2D eigenvalue weighted by atomic mass is 10.2. The summed E-state index contributed by atoms with van der Waals surface area (Å²) in [5.41, 5.74) is 1.29. The first-order valence-electron chi connectivity index (χ1n) is 5.78. The van der Waals surface area contributed by atoms with Crippen LogP contribution >= 0.6 is 11.8 Å². The summed E-state index contributed by atoms with van der Waals surface area (Å²) in [4.78, 5) is 26.5. The van der Waals surface area contributed by atoms with Gasteiger partial charge in [0.25, 0.3) is 0 Å². The van der Waals surface area contributed by atoms with Crippen LogP contribution in [0.1, 0.15) is 29.4 Å². The molecule has 1 unspecified atom stereocenters. The van der Waals surface area contributed by atoms with Gasteiger partial charge in [0.2, 0.25) is 0 Å². The van der Waals surface area contributed by atoms with Crippen molar-refractivity contribution in [2.75, 3.05) is 14.2 Å². The average molecular weight is 283 g/mol. The molecular formula is C13H17NO4S. The van der Waals surface area contributed by atoms with Gasteiger partial charge in [0, 0.05) is 17.2 Å². The molecule has 104 valence electrons. The van der Waals surface area contributed by atoms with Crippen LogP contribution in [0.3, 0.4) is 0 Å². The molecule has 6 heteroatoms. The first-order chi connectivity index (χ1) is 9.06. The van der Waals surface area contributed by atoms with Crippen molar-refractivity contribution in [3.05, 3.63) is 29.6 Å². The van der Waals surface area contributed by atoms with Crippen LogP contribution in [-0.2, 0) is 20.0 Å². The van der Waals surface area contributed by atoms with Crippen molar-refractivity contribution in [2.24, 2.45) is 0 Å². The third-order valence-corrected chi connectivity index (χ3v) is 3.64. The number of nitrogens with zero attached hydrogens (tertiary/aromatic N) is 1. The summed E-state index contributed by atoms with van der Waals surface area (Å²) < 4.78 is 9.20. The SMILES string of the molecule is COC(=O)CC(C)SCc1ccc(C(=O)OC)cn1. The molecule has 0 aromatic carbocycles. The number of aromatic nitrogens is 1. The molecule has 0 saturated carbocycles. The Kier molecular flexibility index (Phi) is 6.35. The predicted octanol–water partition coefficient (Wildman–Crippen LogP) is 2.05. The molecule has 19 heavy (non-hydrogen) atoms. The number of thioether (sulfide) groups is 1. The normalized spacial score (nSPS) is 11.7. The maximum absolute atomic E-state index is 11.2. The predicted molar refractivity (Wildman–Crippen MR) is 73.0 cm³/mol. The van der Waals surface area contributed by atoms with Crippen LogP contribution in [0.15, 0.2) is 18.3 Å². The van der Waals surface area contributed by atoms with Gasteiger partial charge in [-0.1, -0.05) is 6.92 Å². The number of hydrogen-bond donors (Lipinski definition) is 0. The van der Waals surface area contributed by atoms with E-state index >= 15 is 0 Å². The molecule has 0 bridgehead atoms. The molecule has 0 amide bonds. The molecule has 5 nitrogen and oxygen atoms in total. The maximum atomic E-state index is 11.2. The monoisotopic (exact) mass is 283 g/mol. The molecular weight excluding hydrogens is 266 g/mol. The lowest BCUT2D eigenvalue weighted by molar-refractivity contribution is -0.140. The van der Waals surface area contributed by atoms with Gasteiger partial charge in [0.15, 0.2) is 0 Å². The van der Waals surface area contributed by atoms with E-state index in [0.29, 0.717) is 17.7 Å². The first kappa shape index (κ1) is 15.5. The van der Waals surface area contributed by atoms with Crippen LogP contribution in [0, 0.1) is 0 Å². The van der Waals surface area contributed by atoms with Crippen LogP contribution in [0.2, 0.25) is 0 Å².